The molecule has 0 atom stereocenters. The maximum atomic E-state index is 11.7. The van der Waals surface area contributed by atoms with Crippen molar-refractivity contribution in [1.29, 1.82) is 0 Å². The molecule has 0 saturated carbocycles. The van der Waals surface area contributed by atoms with E-state index in [0.29, 0.717) is 0 Å². The van der Waals surface area contributed by atoms with Gasteiger partial charge < -0.3 is 0 Å². The normalized spacial score (nSPS) is 11.8. The Bertz CT molecular complexity index is 666. The van der Waals surface area contributed by atoms with Gasteiger partial charge in [-0.15, -0.1) is 11.3 Å². The smallest absolute Gasteiger partial charge is 0.246 e. The van der Waals surface area contributed by atoms with Crippen molar-refractivity contribution in [1.82, 2.24) is 10.4 Å². The first-order valence-corrected chi connectivity index (χ1v) is 8.06. The van der Waals surface area contributed by atoms with E-state index in [1.807, 2.05) is 24.4 Å². The fourth-order valence-electron chi connectivity index (χ4n) is 1.91. The summed E-state index contributed by atoms with van der Waals surface area (Å²) in [6.07, 6.45) is 1.91. The van der Waals surface area contributed by atoms with E-state index in [0.717, 1.165) is 16.3 Å². The molecule has 5 heteroatoms. The highest BCUT2D eigenvalue weighted by atomic mass is 32.1. The lowest BCUT2D eigenvalue weighted by atomic mass is 9.87. The third kappa shape index (κ3) is 4.77. The summed E-state index contributed by atoms with van der Waals surface area (Å²) in [6.45, 7) is 8.45. The SMILES string of the molecule is Cc1csc(CC(=O)N/N=C\c2ccc(C(C)(C)C)cc2)n1. The monoisotopic (exact) mass is 315 g/mol. The zero-order valence-corrected chi connectivity index (χ0v) is 14.2. The summed E-state index contributed by atoms with van der Waals surface area (Å²) >= 11 is 1.49. The number of amides is 1. The first-order chi connectivity index (χ1) is 10.3. The Balaban J connectivity index is 1.88. The topological polar surface area (TPSA) is 54.4 Å². The molecule has 2 aromatic rings. The first-order valence-electron chi connectivity index (χ1n) is 7.18. The van der Waals surface area contributed by atoms with Gasteiger partial charge in [-0.2, -0.15) is 5.10 Å². The van der Waals surface area contributed by atoms with Gasteiger partial charge in [-0.05, 0) is 23.5 Å². The molecule has 0 saturated heterocycles. The van der Waals surface area contributed by atoms with Gasteiger partial charge in [-0.1, -0.05) is 45.0 Å². The van der Waals surface area contributed by atoms with Gasteiger partial charge in [0.15, 0.2) is 0 Å². The zero-order chi connectivity index (χ0) is 16.2. The van der Waals surface area contributed by atoms with Crippen LogP contribution in [0.2, 0.25) is 0 Å². The van der Waals surface area contributed by atoms with Crippen LogP contribution in [0.25, 0.3) is 0 Å². The van der Waals surface area contributed by atoms with E-state index in [4.69, 9.17) is 0 Å². The second-order valence-corrected chi connectivity index (χ2v) is 7.17. The molecule has 116 valence electrons. The molecule has 0 bridgehead atoms. The maximum Gasteiger partial charge on any atom is 0.246 e. The van der Waals surface area contributed by atoms with E-state index < -0.39 is 0 Å². The van der Waals surface area contributed by atoms with Gasteiger partial charge in [0.2, 0.25) is 5.91 Å². The molecular formula is C17H21N3OS. The lowest BCUT2D eigenvalue weighted by Crippen LogP contribution is -2.19. The summed E-state index contributed by atoms with van der Waals surface area (Å²) in [5, 5.41) is 6.73. The molecular weight excluding hydrogens is 294 g/mol. The van der Waals surface area contributed by atoms with E-state index in [-0.39, 0.29) is 17.7 Å². The van der Waals surface area contributed by atoms with Crippen molar-refractivity contribution < 1.29 is 4.79 Å². The number of hydrogen-bond acceptors (Lipinski definition) is 4. The number of nitrogens with one attached hydrogen (secondary N) is 1. The van der Waals surface area contributed by atoms with Crippen LogP contribution in [0.5, 0.6) is 0 Å². The average Bonchev–Trinajstić information content (AvgIpc) is 2.83. The third-order valence-electron chi connectivity index (χ3n) is 3.16. The molecule has 4 nitrogen and oxygen atoms in total. The van der Waals surface area contributed by atoms with E-state index in [9.17, 15) is 4.79 Å². The average molecular weight is 315 g/mol. The number of aromatic nitrogens is 1. The van der Waals surface area contributed by atoms with Crippen molar-refractivity contribution in [2.75, 3.05) is 0 Å². The molecule has 22 heavy (non-hydrogen) atoms. The van der Waals surface area contributed by atoms with Gasteiger partial charge in [-0.25, -0.2) is 10.4 Å². The quantitative estimate of drug-likeness (QED) is 0.694. The van der Waals surface area contributed by atoms with E-state index in [1.165, 1.54) is 16.9 Å². The second-order valence-electron chi connectivity index (χ2n) is 6.22. The van der Waals surface area contributed by atoms with Crippen LogP contribution in [0.1, 0.15) is 42.6 Å². The van der Waals surface area contributed by atoms with Gasteiger partial charge in [-0.3, -0.25) is 4.79 Å². The number of benzene rings is 1. The van der Waals surface area contributed by atoms with Crippen LogP contribution in [0.15, 0.2) is 34.7 Å². The fourth-order valence-corrected chi connectivity index (χ4v) is 2.68. The van der Waals surface area contributed by atoms with Crippen LogP contribution in [0.3, 0.4) is 0 Å². The van der Waals surface area contributed by atoms with Crippen LogP contribution < -0.4 is 5.43 Å². The van der Waals surface area contributed by atoms with Crippen molar-refractivity contribution in [3.05, 3.63) is 51.5 Å². The molecule has 0 unspecified atom stereocenters. The predicted molar refractivity (Wildman–Crippen MR) is 91.4 cm³/mol. The number of nitrogens with zero attached hydrogens (tertiary/aromatic N) is 2. The van der Waals surface area contributed by atoms with Crippen LogP contribution in [0.4, 0.5) is 0 Å². The number of aryl methyl sites for hydroxylation is 1. The highest BCUT2D eigenvalue weighted by molar-refractivity contribution is 7.09. The molecule has 0 spiro atoms. The third-order valence-corrected chi connectivity index (χ3v) is 4.12. The number of thiazole rings is 1. The Morgan fingerprint density at radius 3 is 2.55 bits per heavy atom. The lowest BCUT2D eigenvalue weighted by molar-refractivity contribution is -0.120. The highest BCUT2D eigenvalue weighted by Gasteiger charge is 2.12. The first kappa shape index (κ1) is 16.4. The number of carbonyl (C=O) groups is 1. The number of hydrogen-bond donors (Lipinski definition) is 1. The van der Waals surface area contributed by atoms with Crippen molar-refractivity contribution in [3.8, 4) is 0 Å². The summed E-state index contributed by atoms with van der Waals surface area (Å²) in [5.41, 5.74) is 5.83. The van der Waals surface area contributed by atoms with Crippen LogP contribution in [-0.2, 0) is 16.6 Å². The van der Waals surface area contributed by atoms with Gasteiger partial charge in [0, 0.05) is 11.1 Å². The number of hydrazone groups is 1. The molecule has 0 fully saturated rings. The standard InChI is InChI=1S/C17H21N3OS/c1-12-11-22-16(19-12)9-15(21)20-18-10-13-5-7-14(8-6-13)17(2,3)4/h5-8,10-11H,9H2,1-4H3,(H,20,21)/b18-10-. The van der Waals surface area contributed by atoms with Gasteiger partial charge in [0.1, 0.15) is 5.01 Å². The minimum absolute atomic E-state index is 0.135. The highest BCUT2D eigenvalue weighted by Crippen LogP contribution is 2.21. The van der Waals surface area contributed by atoms with Crippen molar-refractivity contribution in [3.63, 3.8) is 0 Å². The fraction of sp³-hybridized carbons (Fsp3) is 0.353. The largest absolute Gasteiger partial charge is 0.273 e. The Morgan fingerprint density at radius 2 is 2.00 bits per heavy atom. The van der Waals surface area contributed by atoms with Crippen molar-refractivity contribution >= 4 is 23.5 Å². The Kier molecular flexibility index (Phi) is 5.08. The van der Waals surface area contributed by atoms with Gasteiger partial charge in [0.25, 0.3) is 0 Å². The molecule has 1 amide bonds. The predicted octanol–water partition coefficient (Wildman–Crippen LogP) is 3.44. The van der Waals surface area contributed by atoms with Crippen LogP contribution in [0, 0.1) is 6.92 Å². The number of rotatable bonds is 4. The summed E-state index contributed by atoms with van der Waals surface area (Å²) in [7, 11) is 0. The molecule has 1 aromatic carbocycles. The molecule has 0 aliphatic carbocycles. The Labute approximate surface area is 135 Å². The molecule has 0 radical (unpaired) electrons. The summed E-state index contributed by atoms with van der Waals surface area (Å²) in [5.74, 6) is -0.156. The Morgan fingerprint density at radius 1 is 1.32 bits per heavy atom. The maximum absolute atomic E-state index is 11.7. The van der Waals surface area contributed by atoms with E-state index >= 15 is 0 Å². The molecule has 0 aliphatic rings. The molecule has 0 aliphatic heterocycles. The zero-order valence-electron chi connectivity index (χ0n) is 13.4. The van der Waals surface area contributed by atoms with Crippen LogP contribution in [-0.4, -0.2) is 17.1 Å². The van der Waals surface area contributed by atoms with Gasteiger partial charge in [0.05, 0.1) is 12.6 Å². The van der Waals surface area contributed by atoms with E-state index in [1.54, 1.807) is 6.21 Å². The molecule has 1 aromatic heterocycles. The Hall–Kier alpha value is -2.01. The molecule has 2 rings (SSSR count). The van der Waals surface area contributed by atoms with Crippen molar-refractivity contribution in [2.45, 2.75) is 39.5 Å². The summed E-state index contributed by atoms with van der Waals surface area (Å²) in [6, 6.07) is 8.17. The van der Waals surface area contributed by atoms with Crippen LogP contribution >= 0.6 is 11.3 Å². The molecule has 1 N–H and O–H groups in total. The van der Waals surface area contributed by atoms with E-state index in [2.05, 4.69) is 48.4 Å². The minimum atomic E-state index is -0.156. The van der Waals surface area contributed by atoms with Crippen molar-refractivity contribution in [2.24, 2.45) is 5.10 Å². The molecule has 1 heterocycles. The lowest BCUT2D eigenvalue weighted by Gasteiger charge is -2.18. The second kappa shape index (κ2) is 6.83. The van der Waals surface area contributed by atoms with Gasteiger partial charge >= 0.3 is 0 Å². The number of carbonyl (C=O) groups excluding carboxylic acids is 1. The minimum Gasteiger partial charge on any atom is -0.273 e. The summed E-state index contributed by atoms with van der Waals surface area (Å²) < 4.78 is 0. The summed E-state index contributed by atoms with van der Waals surface area (Å²) in [4.78, 5) is 16.0.